The van der Waals surface area contributed by atoms with Crippen LogP contribution in [0.1, 0.15) is 52.0 Å². The van der Waals surface area contributed by atoms with Crippen LogP contribution in [-0.2, 0) is 6.42 Å². The average molecular weight is 284 g/mol. The Kier molecular flexibility index (Phi) is 5.47. The zero-order valence-electron chi connectivity index (χ0n) is 12.3. The van der Waals surface area contributed by atoms with Gasteiger partial charge in [0.15, 0.2) is 0 Å². The summed E-state index contributed by atoms with van der Waals surface area (Å²) in [4.78, 5) is 2.10. The van der Waals surface area contributed by atoms with Gasteiger partial charge in [-0.3, -0.25) is 0 Å². The van der Waals surface area contributed by atoms with Crippen LogP contribution in [0, 0.1) is 14.4 Å². The Labute approximate surface area is 122 Å². The van der Waals surface area contributed by atoms with E-state index in [0.717, 1.165) is 15.4 Å². The van der Waals surface area contributed by atoms with Gasteiger partial charge in [0.05, 0.1) is 14.7 Å². The quantitative estimate of drug-likeness (QED) is 0.519. The van der Waals surface area contributed by atoms with Gasteiger partial charge in [-0.1, -0.05) is 58.0 Å². The first-order valence-corrected chi connectivity index (χ1v) is 7.55. The molecule has 0 bridgehead atoms. The van der Waals surface area contributed by atoms with Gasteiger partial charge in [0.1, 0.15) is 0 Å². The zero-order valence-corrected chi connectivity index (χ0v) is 13.9. The summed E-state index contributed by atoms with van der Waals surface area (Å²) in [7, 11) is 4.09. The van der Waals surface area contributed by atoms with Crippen molar-refractivity contribution in [1.29, 1.82) is 0 Å². The molecule has 0 amide bonds. The molecule has 1 rings (SSSR count). The molecule has 0 aliphatic heterocycles. The second kappa shape index (κ2) is 6.25. The predicted molar refractivity (Wildman–Crippen MR) is 86.4 cm³/mol. The number of unbranched alkanes of at least 4 members (excludes halogenated alkanes) is 2. The van der Waals surface area contributed by atoms with Crippen LogP contribution in [0.4, 0.5) is 5.69 Å². The van der Waals surface area contributed by atoms with Gasteiger partial charge < -0.3 is 4.90 Å². The Morgan fingerprint density at radius 2 is 1.56 bits per heavy atom. The van der Waals surface area contributed by atoms with Crippen molar-refractivity contribution < 1.29 is 0 Å². The Morgan fingerprint density at radius 1 is 0.944 bits per heavy atom. The molecule has 18 heavy (non-hydrogen) atoms. The molecule has 0 N–H and O–H groups in total. The van der Waals surface area contributed by atoms with Crippen molar-refractivity contribution in [2.75, 3.05) is 19.0 Å². The molecule has 0 aliphatic carbocycles. The number of anilines is 1. The van der Waals surface area contributed by atoms with E-state index in [1.807, 2.05) is 14.1 Å². The fourth-order valence-electron chi connectivity index (χ4n) is 2.27. The van der Waals surface area contributed by atoms with Crippen molar-refractivity contribution in [2.45, 2.75) is 52.9 Å². The smallest absolute Gasteiger partial charge is 0.0797 e. The van der Waals surface area contributed by atoms with Crippen LogP contribution >= 0.6 is 24.4 Å². The van der Waals surface area contributed by atoms with Crippen LogP contribution in [0.25, 0.3) is 0 Å². The van der Waals surface area contributed by atoms with Gasteiger partial charge in [0.25, 0.3) is 0 Å². The molecule has 0 saturated heterocycles. The third-order valence-corrected chi connectivity index (χ3v) is 4.26. The van der Waals surface area contributed by atoms with E-state index in [4.69, 9.17) is 24.4 Å². The third-order valence-electron chi connectivity index (χ3n) is 3.28. The van der Waals surface area contributed by atoms with Gasteiger partial charge in [0.2, 0.25) is 0 Å². The normalized spacial score (nSPS) is 12.1. The van der Waals surface area contributed by atoms with Gasteiger partial charge in [-0.25, -0.2) is 0 Å². The van der Waals surface area contributed by atoms with Gasteiger partial charge >= 0.3 is 0 Å². The SMILES string of the molecule is CN(C)c1c(CCCCCC(C)(C)C)c(=S)c1=S. The summed E-state index contributed by atoms with van der Waals surface area (Å²) in [5.74, 6) is 0. The first-order valence-electron chi connectivity index (χ1n) is 6.73. The van der Waals surface area contributed by atoms with Crippen molar-refractivity contribution in [3.05, 3.63) is 14.6 Å². The van der Waals surface area contributed by atoms with E-state index in [9.17, 15) is 0 Å². The minimum Gasteiger partial charge on any atom is -0.376 e. The summed E-state index contributed by atoms with van der Waals surface area (Å²) in [6.45, 7) is 6.91. The molecule has 1 aromatic rings. The molecule has 0 spiro atoms. The average Bonchev–Trinajstić information content (AvgIpc) is 2.24. The van der Waals surface area contributed by atoms with Crippen molar-refractivity contribution in [1.82, 2.24) is 0 Å². The molecule has 0 aliphatic rings. The summed E-state index contributed by atoms with van der Waals surface area (Å²) >= 11 is 10.6. The summed E-state index contributed by atoms with van der Waals surface area (Å²) in [5.41, 5.74) is 2.98. The Bertz CT molecular complexity index is 459. The molecular formula is C15H25NS2. The molecule has 0 saturated carbocycles. The molecule has 0 aromatic heterocycles. The number of nitrogens with zero attached hydrogens (tertiary/aromatic N) is 1. The van der Waals surface area contributed by atoms with Crippen LogP contribution in [0.5, 0.6) is 0 Å². The van der Waals surface area contributed by atoms with E-state index in [0.29, 0.717) is 5.41 Å². The molecule has 3 heteroatoms. The van der Waals surface area contributed by atoms with Gasteiger partial charge in [-0.15, -0.1) is 0 Å². The molecule has 1 nitrogen and oxygen atoms in total. The molecule has 1 aromatic carbocycles. The van der Waals surface area contributed by atoms with Crippen LogP contribution in [0.2, 0.25) is 0 Å². The minimum atomic E-state index is 0.460. The molecule has 0 fully saturated rings. The highest BCUT2D eigenvalue weighted by molar-refractivity contribution is 7.74. The largest absolute Gasteiger partial charge is 0.376 e. The summed E-state index contributed by atoms with van der Waals surface area (Å²) in [6, 6.07) is 0. The zero-order chi connectivity index (χ0) is 13.9. The lowest BCUT2D eigenvalue weighted by Crippen LogP contribution is -2.15. The monoisotopic (exact) mass is 283 g/mol. The Hall–Kier alpha value is -0.280. The van der Waals surface area contributed by atoms with Crippen molar-refractivity contribution in [3.8, 4) is 0 Å². The number of hydrogen-bond acceptors (Lipinski definition) is 3. The highest BCUT2D eigenvalue weighted by Crippen LogP contribution is 2.31. The lowest BCUT2D eigenvalue weighted by molar-refractivity contribution is 0.358. The number of rotatable bonds is 6. The van der Waals surface area contributed by atoms with E-state index in [-0.39, 0.29) is 0 Å². The predicted octanol–water partition coefficient (Wildman–Crippen LogP) is 5.24. The minimum absolute atomic E-state index is 0.460. The number of hydrogen-bond donors (Lipinski definition) is 0. The van der Waals surface area contributed by atoms with E-state index in [1.165, 1.54) is 36.9 Å². The maximum absolute atomic E-state index is 5.34. The van der Waals surface area contributed by atoms with E-state index in [1.54, 1.807) is 0 Å². The van der Waals surface area contributed by atoms with Gasteiger partial charge in [-0.05, 0) is 30.2 Å². The van der Waals surface area contributed by atoms with Crippen LogP contribution < -0.4 is 4.90 Å². The second-order valence-electron chi connectivity index (χ2n) is 6.50. The fourth-order valence-corrected chi connectivity index (χ4v) is 2.99. The molecule has 102 valence electrons. The standard InChI is InChI=1S/C15H25NS2/c1-15(2,3)10-8-6-7-9-11-12(16(4)5)14(18)13(11)17/h6-10H2,1-5H3. The Morgan fingerprint density at radius 3 is 2.06 bits per heavy atom. The van der Waals surface area contributed by atoms with Crippen molar-refractivity contribution in [3.63, 3.8) is 0 Å². The van der Waals surface area contributed by atoms with Crippen LogP contribution in [0.3, 0.4) is 0 Å². The highest BCUT2D eigenvalue weighted by atomic mass is 32.1. The topological polar surface area (TPSA) is 3.24 Å². The molecule has 0 radical (unpaired) electrons. The van der Waals surface area contributed by atoms with E-state index >= 15 is 0 Å². The maximum atomic E-state index is 5.34. The van der Waals surface area contributed by atoms with Crippen molar-refractivity contribution >= 4 is 30.1 Å². The summed E-state index contributed by atoms with van der Waals surface area (Å²) in [6.07, 6.45) is 6.22. The van der Waals surface area contributed by atoms with Gasteiger partial charge in [-0.2, -0.15) is 0 Å². The fraction of sp³-hybridized carbons (Fsp3) is 0.733. The van der Waals surface area contributed by atoms with Crippen LogP contribution in [0.15, 0.2) is 0 Å². The first kappa shape index (κ1) is 15.8. The third kappa shape index (κ3) is 4.13. The van der Waals surface area contributed by atoms with Crippen LogP contribution in [-0.4, -0.2) is 14.1 Å². The summed E-state index contributed by atoms with van der Waals surface area (Å²) in [5, 5.41) is 0. The molecule has 0 unspecified atom stereocenters. The Balaban J connectivity index is 2.39. The lowest BCUT2D eigenvalue weighted by Gasteiger charge is -2.21. The van der Waals surface area contributed by atoms with E-state index in [2.05, 4.69) is 25.7 Å². The van der Waals surface area contributed by atoms with Crippen molar-refractivity contribution in [2.24, 2.45) is 5.41 Å². The molecule has 0 heterocycles. The molecular weight excluding hydrogens is 258 g/mol. The highest BCUT2D eigenvalue weighted by Gasteiger charge is 2.15. The first-order chi connectivity index (χ1) is 8.24. The van der Waals surface area contributed by atoms with Gasteiger partial charge in [0, 0.05) is 14.1 Å². The van der Waals surface area contributed by atoms with E-state index < -0.39 is 0 Å². The summed E-state index contributed by atoms with van der Waals surface area (Å²) < 4.78 is 1.82. The maximum Gasteiger partial charge on any atom is 0.0797 e. The lowest BCUT2D eigenvalue weighted by atomic mass is 9.89. The second-order valence-corrected chi connectivity index (χ2v) is 7.32. The molecule has 0 atom stereocenters.